The topological polar surface area (TPSA) is 52.3 Å². The van der Waals surface area contributed by atoms with Crippen LogP contribution in [-0.4, -0.2) is 17.8 Å². The van der Waals surface area contributed by atoms with Gasteiger partial charge in [-0.3, -0.25) is 4.79 Å². The van der Waals surface area contributed by atoms with Gasteiger partial charge in [-0.2, -0.15) is 0 Å². The molecule has 64 valence electrons. The van der Waals surface area contributed by atoms with Crippen LogP contribution >= 0.6 is 11.8 Å². The molecule has 0 aromatic heterocycles. The molecule has 0 saturated heterocycles. The van der Waals surface area contributed by atoms with Crippen molar-refractivity contribution in [1.29, 1.82) is 0 Å². The zero-order valence-corrected chi connectivity index (χ0v) is 7.26. The van der Waals surface area contributed by atoms with Gasteiger partial charge in [0.05, 0.1) is 5.25 Å². The first kappa shape index (κ1) is 7.73. The van der Waals surface area contributed by atoms with E-state index >= 15 is 0 Å². The van der Waals surface area contributed by atoms with E-state index in [1.54, 1.807) is 0 Å². The minimum Gasteiger partial charge on any atom is -0.493 e. The lowest BCUT2D eigenvalue weighted by atomic mass is 10.2. The summed E-state index contributed by atoms with van der Waals surface area (Å²) in [6, 6.07) is 0. The zero-order chi connectivity index (χ0) is 8.55. The molecular weight excluding hydrogens is 174 g/mol. The maximum absolute atomic E-state index is 10.8. The quantitative estimate of drug-likeness (QED) is 0.653. The normalized spacial score (nSPS) is 26.8. The highest BCUT2D eigenvalue weighted by Gasteiger charge is 2.29. The van der Waals surface area contributed by atoms with E-state index in [0.29, 0.717) is 13.0 Å². The van der Waals surface area contributed by atoms with Crippen molar-refractivity contribution in [2.45, 2.75) is 11.7 Å². The maximum atomic E-state index is 10.8. The lowest BCUT2D eigenvalue weighted by molar-refractivity contribution is -0.117. The standard InChI is InChI=1S/C8H9NO2S/c9-8(10)7-4-5-6(12-7)2-1-3-11-5/h1-2,7H,3-4H2,(H2,9,10). The molecule has 3 nitrogen and oxygen atoms in total. The summed E-state index contributed by atoms with van der Waals surface area (Å²) in [4.78, 5) is 11.9. The van der Waals surface area contributed by atoms with Gasteiger partial charge in [0.15, 0.2) is 0 Å². The molecule has 2 rings (SSSR count). The first-order valence-corrected chi connectivity index (χ1v) is 4.64. The lowest BCUT2D eigenvalue weighted by Gasteiger charge is -2.08. The minimum absolute atomic E-state index is 0.127. The molecule has 0 fully saturated rings. The van der Waals surface area contributed by atoms with Crippen molar-refractivity contribution in [3.63, 3.8) is 0 Å². The van der Waals surface area contributed by atoms with Gasteiger partial charge in [-0.1, -0.05) is 0 Å². The molecule has 0 spiro atoms. The first-order valence-electron chi connectivity index (χ1n) is 3.76. The predicted molar refractivity (Wildman–Crippen MR) is 47.3 cm³/mol. The molecule has 0 aliphatic carbocycles. The highest BCUT2D eigenvalue weighted by atomic mass is 32.2. The van der Waals surface area contributed by atoms with Gasteiger partial charge < -0.3 is 10.5 Å². The van der Waals surface area contributed by atoms with Crippen molar-refractivity contribution in [3.05, 3.63) is 22.8 Å². The molecule has 0 aromatic carbocycles. The van der Waals surface area contributed by atoms with Crippen LogP contribution in [0.15, 0.2) is 22.8 Å². The number of amides is 1. The van der Waals surface area contributed by atoms with E-state index in [2.05, 4.69) is 0 Å². The smallest absolute Gasteiger partial charge is 0.231 e. The van der Waals surface area contributed by atoms with Gasteiger partial charge in [0.2, 0.25) is 5.91 Å². The van der Waals surface area contributed by atoms with Crippen LogP contribution < -0.4 is 5.73 Å². The number of nitrogens with two attached hydrogens (primary N) is 1. The highest BCUT2D eigenvalue weighted by molar-refractivity contribution is 8.04. The van der Waals surface area contributed by atoms with Crippen molar-refractivity contribution in [1.82, 2.24) is 0 Å². The van der Waals surface area contributed by atoms with Crippen LogP contribution in [0.25, 0.3) is 0 Å². The Morgan fingerprint density at radius 1 is 1.75 bits per heavy atom. The summed E-state index contributed by atoms with van der Waals surface area (Å²) in [7, 11) is 0. The monoisotopic (exact) mass is 183 g/mol. The number of rotatable bonds is 1. The number of allylic oxidation sites excluding steroid dienone is 2. The van der Waals surface area contributed by atoms with E-state index in [9.17, 15) is 4.79 Å². The molecule has 0 saturated carbocycles. The van der Waals surface area contributed by atoms with Gasteiger partial charge in [0.1, 0.15) is 12.4 Å². The van der Waals surface area contributed by atoms with Crippen molar-refractivity contribution >= 4 is 17.7 Å². The third-order valence-electron chi connectivity index (χ3n) is 1.86. The highest BCUT2D eigenvalue weighted by Crippen LogP contribution is 2.40. The van der Waals surface area contributed by atoms with Gasteiger partial charge in [0, 0.05) is 11.3 Å². The number of primary amides is 1. The van der Waals surface area contributed by atoms with Gasteiger partial charge in [-0.05, 0) is 12.2 Å². The van der Waals surface area contributed by atoms with Crippen LogP contribution in [0, 0.1) is 0 Å². The van der Waals surface area contributed by atoms with E-state index < -0.39 is 0 Å². The molecule has 2 N–H and O–H groups in total. The van der Waals surface area contributed by atoms with E-state index in [4.69, 9.17) is 10.5 Å². The number of ether oxygens (including phenoxy) is 1. The molecule has 0 aromatic rings. The molecule has 0 bridgehead atoms. The van der Waals surface area contributed by atoms with E-state index in [1.807, 2.05) is 12.2 Å². The maximum Gasteiger partial charge on any atom is 0.231 e. The molecule has 1 atom stereocenters. The molecule has 1 amide bonds. The molecule has 1 unspecified atom stereocenters. The summed E-state index contributed by atoms with van der Waals surface area (Å²) >= 11 is 1.50. The van der Waals surface area contributed by atoms with Crippen LogP contribution in [0.2, 0.25) is 0 Å². The Bertz CT molecular complexity index is 283. The van der Waals surface area contributed by atoms with Crippen molar-refractivity contribution in [2.24, 2.45) is 5.73 Å². The second-order valence-electron chi connectivity index (χ2n) is 2.71. The van der Waals surface area contributed by atoms with Gasteiger partial charge >= 0.3 is 0 Å². The van der Waals surface area contributed by atoms with E-state index in [0.717, 1.165) is 10.7 Å². The predicted octanol–water partition coefficient (Wildman–Crippen LogP) is 0.775. The molecule has 12 heavy (non-hydrogen) atoms. The third kappa shape index (κ3) is 1.22. The fourth-order valence-corrected chi connectivity index (χ4v) is 2.36. The molecule has 4 heteroatoms. The Morgan fingerprint density at radius 3 is 3.25 bits per heavy atom. The summed E-state index contributed by atoms with van der Waals surface area (Å²) in [5.74, 6) is 0.665. The molecule has 2 aliphatic heterocycles. The Kier molecular flexibility index (Phi) is 1.84. The summed E-state index contributed by atoms with van der Waals surface area (Å²) < 4.78 is 5.35. The Balaban J connectivity index is 2.12. The van der Waals surface area contributed by atoms with Gasteiger partial charge in [-0.25, -0.2) is 0 Å². The Morgan fingerprint density at radius 2 is 2.58 bits per heavy atom. The lowest BCUT2D eigenvalue weighted by Crippen LogP contribution is -2.23. The summed E-state index contributed by atoms with van der Waals surface area (Å²) in [6.45, 7) is 0.616. The number of carbonyl (C=O) groups is 1. The summed E-state index contributed by atoms with van der Waals surface area (Å²) in [6.07, 6.45) is 4.58. The summed E-state index contributed by atoms with van der Waals surface area (Å²) in [5.41, 5.74) is 5.19. The third-order valence-corrected chi connectivity index (χ3v) is 3.16. The molecular formula is C8H9NO2S. The van der Waals surface area contributed by atoms with Crippen LogP contribution in [0.1, 0.15) is 6.42 Å². The van der Waals surface area contributed by atoms with Gasteiger partial charge in [-0.15, -0.1) is 11.8 Å². The van der Waals surface area contributed by atoms with E-state index in [1.165, 1.54) is 11.8 Å². The fraction of sp³-hybridized carbons (Fsp3) is 0.375. The van der Waals surface area contributed by atoms with Crippen molar-refractivity contribution in [3.8, 4) is 0 Å². The average Bonchev–Trinajstić information content (AvgIpc) is 2.46. The number of carbonyl (C=O) groups excluding carboxylic acids is 1. The first-order chi connectivity index (χ1) is 5.77. The molecule has 2 heterocycles. The average molecular weight is 183 g/mol. The van der Waals surface area contributed by atoms with Crippen molar-refractivity contribution < 1.29 is 9.53 Å². The second kappa shape index (κ2) is 2.86. The Hall–Kier alpha value is -0.900. The van der Waals surface area contributed by atoms with Crippen LogP contribution in [0.3, 0.4) is 0 Å². The fourth-order valence-electron chi connectivity index (χ4n) is 1.25. The molecule has 2 aliphatic rings. The number of hydrogen-bond donors (Lipinski definition) is 1. The number of thioether (sulfide) groups is 1. The van der Waals surface area contributed by atoms with E-state index in [-0.39, 0.29) is 11.2 Å². The SMILES string of the molecule is NC(=O)C1CC2=C(C=CCO2)S1. The Labute approximate surface area is 74.6 Å². The second-order valence-corrected chi connectivity index (χ2v) is 3.96. The summed E-state index contributed by atoms with van der Waals surface area (Å²) in [5, 5.41) is -0.127. The number of hydrogen-bond acceptors (Lipinski definition) is 3. The largest absolute Gasteiger partial charge is 0.493 e. The van der Waals surface area contributed by atoms with Crippen LogP contribution in [0.4, 0.5) is 0 Å². The van der Waals surface area contributed by atoms with Crippen LogP contribution in [-0.2, 0) is 9.53 Å². The zero-order valence-electron chi connectivity index (χ0n) is 6.45. The molecule has 0 radical (unpaired) electrons. The van der Waals surface area contributed by atoms with Crippen molar-refractivity contribution in [2.75, 3.05) is 6.61 Å². The van der Waals surface area contributed by atoms with Gasteiger partial charge in [0.25, 0.3) is 0 Å². The minimum atomic E-state index is -0.258. The van der Waals surface area contributed by atoms with Crippen LogP contribution in [0.5, 0.6) is 0 Å².